The Kier molecular flexibility index (Phi) is 3.60. The van der Waals surface area contributed by atoms with Crippen molar-refractivity contribution in [2.75, 3.05) is 0 Å². The second kappa shape index (κ2) is 5.40. The van der Waals surface area contributed by atoms with Crippen LogP contribution in [0.4, 0.5) is 0 Å². The Morgan fingerprint density at radius 3 is 2.25 bits per heavy atom. The van der Waals surface area contributed by atoms with Crippen LogP contribution in [0.15, 0.2) is 42.5 Å². The lowest BCUT2D eigenvalue weighted by molar-refractivity contribution is 0.0836. The average molecular weight is 266 g/mol. The highest BCUT2D eigenvalue weighted by molar-refractivity contribution is 6.01. The van der Waals surface area contributed by atoms with Crippen LogP contribution in [0.2, 0.25) is 0 Å². The zero-order valence-electron chi connectivity index (χ0n) is 12.3. The number of hydrogen-bond donors (Lipinski definition) is 0. The van der Waals surface area contributed by atoms with Crippen LogP contribution in [0.5, 0.6) is 0 Å². The van der Waals surface area contributed by atoms with Crippen LogP contribution in [0.3, 0.4) is 0 Å². The van der Waals surface area contributed by atoms with E-state index in [-0.39, 0.29) is 5.92 Å². The summed E-state index contributed by atoms with van der Waals surface area (Å²) >= 11 is 0. The van der Waals surface area contributed by atoms with Crippen molar-refractivity contribution in [2.45, 2.75) is 33.1 Å². The van der Waals surface area contributed by atoms with Gasteiger partial charge in [-0.05, 0) is 47.9 Å². The molecule has 0 N–H and O–H groups in total. The fourth-order valence-electron chi connectivity index (χ4n) is 3.74. The third-order valence-corrected chi connectivity index (χ3v) is 4.58. The Hall–Kier alpha value is -1.63. The molecule has 0 aliphatic heterocycles. The standard InChI is InChI=1S/C19H22O/c1-13-9-14(2)11-18(10-13)19(20)17-8-7-15-5-3-4-6-16(15)12-17/h3-8,12-14,18H,9-11H2,1-2H3. The van der Waals surface area contributed by atoms with Gasteiger partial charge in [0.05, 0.1) is 0 Å². The van der Waals surface area contributed by atoms with E-state index in [9.17, 15) is 4.79 Å². The molecule has 1 nitrogen and oxygen atoms in total. The topological polar surface area (TPSA) is 17.1 Å². The van der Waals surface area contributed by atoms with Gasteiger partial charge < -0.3 is 0 Å². The number of fused-ring (bicyclic) bond motifs is 1. The Bertz CT molecular complexity index is 618. The molecule has 0 aromatic heterocycles. The maximum atomic E-state index is 12.7. The summed E-state index contributed by atoms with van der Waals surface area (Å²) in [5, 5.41) is 2.37. The molecule has 0 saturated heterocycles. The third kappa shape index (κ3) is 2.63. The fourth-order valence-corrected chi connectivity index (χ4v) is 3.74. The minimum atomic E-state index is 0.218. The summed E-state index contributed by atoms with van der Waals surface area (Å²) in [6.45, 7) is 4.55. The van der Waals surface area contributed by atoms with E-state index in [4.69, 9.17) is 0 Å². The van der Waals surface area contributed by atoms with Crippen molar-refractivity contribution >= 4 is 16.6 Å². The molecule has 0 spiro atoms. The van der Waals surface area contributed by atoms with Crippen LogP contribution < -0.4 is 0 Å². The second-order valence-electron chi connectivity index (χ2n) is 6.54. The number of Topliss-reactive ketones (excluding diaryl/α,β-unsaturated/α-hetero) is 1. The van der Waals surface area contributed by atoms with Gasteiger partial charge in [0.25, 0.3) is 0 Å². The minimum absolute atomic E-state index is 0.218. The van der Waals surface area contributed by atoms with Crippen molar-refractivity contribution in [1.29, 1.82) is 0 Å². The van der Waals surface area contributed by atoms with Gasteiger partial charge in [-0.25, -0.2) is 0 Å². The van der Waals surface area contributed by atoms with Crippen molar-refractivity contribution in [3.8, 4) is 0 Å². The lowest BCUT2D eigenvalue weighted by Gasteiger charge is -2.30. The maximum absolute atomic E-state index is 12.7. The molecule has 1 aliphatic carbocycles. The van der Waals surface area contributed by atoms with Crippen molar-refractivity contribution in [3.63, 3.8) is 0 Å². The summed E-state index contributed by atoms with van der Waals surface area (Å²) in [5.74, 6) is 1.91. The van der Waals surface area contributed by atoms with Gasteiger partial charge in [0, 0.05) is 11.5 Å². The van der Waals surface area contributed by atoms with Crippen molar-refractivity contribution in [2.24, 2.45) is 17.8 Å². The average Bonchev–Trinajstić information content (AvgIpc) is 2.45. The van der Waals surface area contributed by atoms with Gasteiger partial charge >= 0.3 is 0 Å². The first-order valence-electron chi connectivity index (χ1n) is 7.66. The zero-order chi connectivity index (χ0) is 14.1. The minimum Gasteiger partial charge on any atom is -0.294 e. The Morgan fingerprint density at radius 1 is 0.900 bits per heavy atom. The highest BCUT2D eigenvalue weighted by Gasteiger charge is 2.29. The van der Waals surface area contributed by atoms with E-state index in [1.54, 1.807) is 0 Å². The summed E-state index contributed by atoms with van der Waals surface area (Å²) in [6, 6.07) is 14.4. The first-order chi connectivity index (χ1) is 9.63. The molecule has 104 valence electrons. The molecule has 0 bridgehead atoms. The number of rotatable bonds is 2. The molecule has 2 unspecified atom stereocenters. The van der Waals surface area contributed by atoms with Crippen molar-refractivity contribution in [1.82, 2.24) is 0 Å². The van der Waals surface area contributed by atoms with E-state index in [1.807, 2.05) is 18.2 Å². The Labute approximate surface area is 121 Å². The zero-order valence-corrected chi connectivity index (χ0v) is 12.3. The van der Waals surface area contributed by atoms with E-state index in [2.05, 4.69) is 38.1 Å². The maximum Gasteiger partial charge on any atom is 0.165 e. The van der Waals surface area contributed by atoms with E-state index >= 15 is 0 Å². The van der Waals surface area contributed by atoms with Gasteiger partial charge in [-0.3, -0.25) is 4.79 Å². The van der Waals surface area contributed by atoms with E-state index in [1.165, 1.54) is 11.8 Å². The predicted molar refractivity (Wildman–Crippen MR) is 83.9 cm³/mol. The number of ketones is 1. The molecule has 3 rings (SSSR count). The summed E-state index contributed by atoms with van der Waals surface area (Å²) in [5.41, 5.74) is 0.884. The van der Waals surface area contributed by atoms with E-state index in [0.717, 1.165) is 23.8 Å². The van der Waals surface area contributed by atoms with Crippen LogP contribution in [0.1, 0.15) is 43.5 Å². The smallest absolute Gasteiger partial charge is 0.165 e. The molecule has 1 heteroatoms. The lowest BCUT2D eigenvalue weighted by atomic mass is 9.74. The summed E-state index contributed by atoms with van der Waals surface area (Å²) < 4.78 is 0. The second-order valence-corrected chi connectivity index (χ2v) is 6.54. The highest BCUT2D eigenvalue weighted by atomic mass is 16.1. The Morgan fingerprint density at radius 2 is 1.55 bits per heavy atom. The first-order valence-corrected chi connectivity index (χ1v) is 7.66. The summed E-state index contributed by atoms with van der Waals surface area (Å²) in [7, 11) is 0. The molecular weight excluding hydrogens is 244 g/mol. The van der Waals surface area contributed by atoms with Gasteiger partial charge in [0.15, 0.2) is 5.78 Å². The van der Waals surface area contributed by atoms with Gasteiger partial charge in [-0.1, -0.05) is 50.2 Å². The highest BCUT2D eigenvalue weighted by Crippen LogP contribution is 2.35. The SMILES string of the molecule is CC1CC(C)CC(C(=O)c2ccc3ccccc3c2)C1. The largest absolute Gasteiger partial charge is 0.294 e. The molecule has 1 saturated carbocycles. The summed E-state index contributed by atoms with van der Waals surface area (Å²) in [6.07, 6.45) is 3.37. The van der Waals surface area contributed by atoms with Crippen LogP contribution >= 0.6 is 0 Å². The number of carbonyl (C=O) groups is 1. The molecule has 0 heterocycles. The van der Waals surface area contributed by atoms with Crippen LogP contribution in [0, 0.1) is 17.8 Å². The lowest BCUT2D eigenvalue weighted by Crippen LogP contribution is -2.26. The molecule has 20 heavy (non-hydrogen) atoms. The molecule has 2 aromatic rings. The predicted octanol–water partition coefficient (Wildman–Crippen LogP) is 5.09. The fraction of sp³-hybridized carbons (Fsp3) is 0.421. The summed E-state index contributed by atoms with van der Waals surface area (Å²) in [4.78, 5) is 12.7. The van der Waals surface area contributed by atoms with Crippen LogP contribution in [-0.2, 0) is 0 Å². The monoisotopic (exact) mass is 266 g/mol. The van der Waals surface area contributed by atoms with Crippen molar-refractivity contribution < 1.29 is 4.79 Å². The van der Waals surface area contributed by atoms with Gasteiger partial charge in [0.1, 0.15) is 0 Å². The van der Waals surface area contributed by atoms with E-state index < -0.39 is 0 Å². The number of hydrogen-bond acceptors (Lipinski definition) is 1. The van der Waals surface area contributed by atoms with Crippen LogP contribution in [-0.4, -0.2) is 5.78 Å². The molecule has 1 aliphatic rings. The van der Waals surface area contributed by atoms with Gasteiger partial charge in [0.2, 0.25) is 0 Å². The van der Waals surface area contributed by atoms with Crippen molar-refractivity contribution in [3.05, 3.63) is 48.0 Å². The van der Waals surface area contributed by atoms with Crippen LogP contribution in [0.25, 0.3) is 10.8 Å². The molecule has 2 atom stereocenters. The normalized spacial score (nSPS) is 26.6. The molecule has 1 fully saturated rings. The van der Waals surface area contributed by atoms with Gasteiger partial charge in [-0.15, -0.1) is 0 Å². The number of carbonyl (C=O) groups excluding carboxylic acids is 1. The molecular formula is C19H22O. The number of benzene rings is 2. The van der Waals surface area contributed by atoms with E-state index in [0.29, 0.717) is 17.6 Å². The molecule has 0 radical (unpaired) electrons. The van der Waals surface area contributed by atoms with Gasteiger partial charge in [-0.2, -0.15) is 0 Å². The third-order valence-electron chi connectivity index (χ3n) is 4.58. The first kappa shape index (κ1) is 13.4. The molecule has 2 aromatic carbocycles. The Balaban J connectivity index is 1.88. The molecule has 0 amide bonds. The quantitative estimate of drug-likeness (QED) is 0.691.